The lowest BCUT2D eigenvalue weighted by Crippen LogP contribution is -2.13. The first kappa shape index (κ1) is 15.3. The maximum atomic E-state index is 5.69. The van der Waals surface area contributed by atoms with Crippen LogP contribution in [0.4, 0.5) is 5.82 Å². The summed E-state index contributed by atoms with van der Waals surface area (Å²) in [6.07, 6.45) is 1.85. The summed E-state index contributed by atoms with van der Waals surface area (Å²) in [5, 5.41) is 15.8. The molecule has 1 aromatic carbocycles. The average Bonchev–Trinajstić information content (AvgIpc) is 3.27. The molecule has 8 nitrogen and oxygen atoms in total. The molecule has 0 radical (unpaired) electrons. The van der Waals surface area contributed by atoms with E-state index in [9.17, 15) is 0 Å². The normalized spacial score (nSPS) is 12.2. The van der Waals surface area contributed by atoms with Gasteiger partial charge in [-0.1, -0.05) is 0 Å². The molecule has 0 bridgehead atoms. The molecule has 0 fully saturated rings. The van der Waals surface area contributed by atoms with Gasteiger partial charge < -0.3 is 19.5 Å². The second kappa shape index (κ2) is 6.68. The van der Waals surface area contributed by atoms with Gasteiger partial charge in [0.15, 0.2) is 17.3 Å². The molecule has 3 aromatic rings. The number of nitrogens with one attached hydrogen (secondary N) is 1. The molecule has 128 valence electrons. The van der Waals surface area contributed by atoms with Crippen molar-refractivity contribution in [3.63, 3.8) is 0 Å². The highest BCUT2D eigenvalue weighted by Gasteiger charge is 2.13. The number of hydrogen-bond donors (Lipinski definition) is 1. The Bertz CT molecular complexity index is 863. The van der Waals surface area contributed by atoms with Crippen LogP contribution < -0.4 is 19.5 Å². The van der Waals surface area contributed by atoms with Gasteiger partial charge in [0.05, 0.1) is 12.2 Å². The predicted molar refractivity (Wildman–Crippen MR) is 90.4 cm³/mol. The smallest absolute Gasteiger partial charge is 0.231 e. The molecule has 0 saturated heterocycles. The Kier molecular flexibility index (Phi) is 4.07. The van der Waals surface area contributed by atoms with Crippen LogP contribution in [0.1, 0.15) is 5.69 Å². The predicted octanol–water partition coefficient (Wildman–Crippen LogP) is 2.19. The van der Waals surface area contributed by atoms with E-state index in [1.165, 1.54) is 0 Å². The summed E-state index contributed by atoms with van der Waals surface area (Å²) in [6, 6.07) is 11.2. The average molecular weight is 339 g/mol. The minimum atomic E-state index is 0.257. The van der Waals surface area contributed by atoms with Gasteiger partial charge in [-0.15, -0.1) is 10.2 Å². The van der Waals surface area contributed by atoms with Crippen molar-refractivity contribution in [2.75, 3.05) is 25.3 Å². The van der Waals surface area contributed by atoms with E-state index >= 15 is 0 Å². The first-order chi connectivity index (χ1) is 12.3. The Morgan fingerprint density at radius 3 is 2.84 bits per heavy atom. The number of nitrogens with zero attached hydrogens (tertiary/aromatic N) is 4. The lowest BCUT2D eigenvalue weighted by Gasteiger charge is -2.08. The number of fused-ring (bicyclic) bond motifs is 1. The minimum Gasteiger partial charge on any atom is -0.492 e. The zero-order valence-corrected chi connectivity index (χ0v) is 13.7. The van der Waals surface area contributed by atoms with Crippen molar-refractivity contribution < 1.29 is 14.2 Å². The third-order valence-electron chi connectivity index (χ3n) is 3.63. The Morgan fingerprint density at radius 2 is 2.04 bits per heavy atom. The number of benzene rings is 1. The molecule has 0 spiro atoms. The third kappa shape index (κ3) is 3.47. The number of anilines is 1. The van der Waals surface area contributed by atoms with Crippen molar-refractivity contribution in [2.24, 2.45) is 0 Å². The zero-order chi connectivity index (χ0) is 17.1. The van der Waals surface area contributed by atoms with Gasteiger partial charge in [0.25, 0.3) is 0 Å². The molecule has 0 unspecified atom stereocenters. The van der Waals surface area contributed by atoms with E-state index in [0.717, 1.165) is 17.2 Å². The highest BCUT2D eigenvalue weighted by molar-refractivity contribution is 5.46. The summed E-state index contributed by atoms with van der Waals surface area (Å²) in [7, 11) is 0. The Balaban J connectivity index is 1.27. The van der Waals surface area contributed by atoms with Crippen LogP contribution in [0.2, 0.25) is 0 Å². The van der Waals surface area contributed by atoms with Gasteiger partial charge in [0, 0.05) is 12.3 Å². The fourth-order valence-corrected chi connectivity index (χ4v) is 2.40. The van der Waals surface area contributed by atoms with Crippen LogP contribution in [-0.2, 0) is 0 Å². The molecule has 8 heteroatoms. The van der Waals surface area contributed by atoms with E-state index in [-0.39, 0.29) is 6.79 Å². The fourth-order valence-electron chi connectivity index (χ4n) is 2.40. The summed E-state index contributed by atoms with van der Waals surface area (Å²) >= 11 is 0. The maximum absolute atomic E-state index is 5.69. The summed E-state index contributed by atoms with van der Waals surface area (Å²) < 4.78 is 18.0. The van der Waals surface area contributed by atoms with Crippen LogP contribution in [0, 0.1) is 6.92 Å². The highest BCUT2D eigenvalue weighted by atomic mass is 16.7. The highest BCUT2D eigenvalue weighted by Crippen LogP contribution is 2.34. The summed E-state index contributed by atoms with van der Waals surface area (Å²) in [4.78, 5) is 0. The van der Waals surface area contributed by atoms with Crippen LogP contribution in [-0.4, -0.2) is 39.9 Å². The van der Waals surface area contributed by atoms with Crippen LogP contribution in [0.5, 0.6) is 17.2 Å². The van der Waals surface area contributed by atoms with Gasteiger partial charge in [-0.05, 0) is 37.3 Å². The van der Waals surface area contributed by atoms with E-state index in [4.69, 9.17) is 14.2 Å². The Labute approximate surface area is 144 Å². The molecule has 1 aliphatic rings. The zero-order valence-electron chi connectivity index (χ0n) is 13.7. The van der Waals surface area contributed by atoms with Crippen LogP contribution in [0.15, 0.2) is 42.6 Å². The quantitative estimate of drug-likeness (QED) is 0.689. The number of aryl methyl sites for hydroxylation is 1. The first-order valence-corrected chi connectivity index (χ1v) is 7.91. The van der Waals surface area contributed by atoms with Crippen LogP contribution in [0.3, 0.4) is 0 Å². The van der Waals surface area contributed by atoms with Gasteiger partial charge >= 0.3 is 0 Å². The molecular weight excluding hydrogens is 322 g/mol. The minimum absolute atomic E-state index is 0.257. The molecule has 0 atom stereocenters. The topological polar surface area (TPSA) is 83.3 Å². The van der Waals surface area contributed by atoms with Crippen LogP contribution in [0.25, 0.3) is 5.82 Å². The molecule has 0 saturated carbocycles. The number of hydrogen-bond acceptors (Lipinski definition) is 7. The lowest BCUT2D eigenvalue weighted by molar-refractivity contribution is 0.174. The summed E-state index contributed by atoms with van der Waals surface area (Å²) in [6.45, 7) is 3.28. The summed E-state index contributed by atoms with van der Waals surface area (Å²) in [5.74, 6) is 3.55. The van der Waals surface area contributed by atoms with Crippen molar-refractivity contribution in [1.82, 2.24) is 20.0 Å². The van der Waals surface area contributed by atoms with E-state index < -0.39 is 0 Å². The van der Waals surface area contributed by atoms with E-state index in [1.807, 2.05) is 49.5 Å². The third-order valence-corrected chi connectivity index (χ3v) is 3.63. The van der Waals surface area contributed by atoms with Crippen molar-refractivity contribution >= 4 is 5.82 Å². The molecule has 1 N–H and O–H groups in total. The molecule has 2 aromatic heterocycles. The molecule has 0 aliphatic carbocycles. The lowest BCUT2D eigenvalue weighted by atomic mass is 10.3. The van der Waals surface area contributed by atoms with E-state index in [0.29, 0.717) is 30.5 Å². The van der Waals surface area contributed by atoms with Crippen molar-refractivity contribution in [3.8, 4) is 23.1 Å². The van der Waals surface area contributed by atoms with Gasteiger partial charge in [-0.25, -0.2) is 4.68 Å². The standard InChI is InChI=1S/C17H17N5O3/c1-12-6-8-22(21-12)17-5-4-16(19-20-17)18-7-9-23-13-2-3-14-15(10-13)25-11-24-14/h2-6,8,10H,7,9,11H2,1H3,(H,18,19). The van der Waals surface area contributed by atoms with E-state index in [2.05, 4.69) is 20.6 Å². The number of rotatable bonds is 6. The fraction of sp³-hybridized carbons (Fsp3) is 0.235. The van der Waals surface area contributed by atoms with Gasteiger partial charge in [0.1, 0.15) is 18.2 Å². The number of ether oxygens (including phenoxy) is 3. The van der Waals surface area contributed by atoms with E-state index in [1.54, 1.807) is 4.68 Å². The second-order valence-electron chi connectivity index (χ2n) is 5.47. The van der Waals surface area contributed by atoms with Gasteiger partial charge in [-0.3, -0.25) is 0 Å². The molecule has 4 rings (SSSR count). The van der Waals surface area contributed by atoms with Crippen molar-refractivity contribution in [2.45, 2.75) is 6.92 Å². The molecule has 1 aliphatic heterocycles. The first-order valence-electron chi connectivity index (χ1n) is 7.91. The second-order valence-corrected chi connectivity index (χ2v) is 5.47. The van der Waals surface area contributed by atoms with Crippen molar-refractivity contribution in [3.05, 3.63) is 48.3 Å². The molecule has 3 heterocycles. The van der Waals surface area contributed by atoms with Gasteiger partial charge in [0.2, 0.25) is 6.79 Å². The molecule has 25 heavy (non-hydrogen) atoms. The maximum Gasteiger partial charge on any atom is 0.231 e. The molecule has 0 amide bonds. The largest absolute Gasteiger partial charge is 0.492 e. The summed E-state index contributed by atoms with van der Waals surface area (Å²) in [5.41, 5.74) is 0.935. The number of aromatic nitrogens is 4. The van der Waals surface area contributed by atoms with Crippen LogP contribution >= 0.6 is 0 Å². The SMILES string of the molecule is Cc1ccn(-c2ccc(NCCOc3ccc4c(c3)OCO4)nn2)n1. The van der Waals surface area contributed by atoms with Crippen molar-refractivity contribution in [1.29, 1.82) is 0 Å². The van der Waals surface area contributed by atoms with Gasteiger partial charge in [-0.2, -0.15) is 5.10 Å². The Hall–Kier alpha value is -3.29. The monoisotopic (exact) mass is 339 g/mol. The Morgan fingerprint density at radius 1 is 1.12 bits per heavy atom. The molecular formula is C17H17N5O3.